The molecule has 15 heavy (non-hydrogen) atoms. The molecule has 2 rings (SSSR count). The number of carbonyl (C=O) groups excluding carboxylic acids is 1. The molecule has 0 amide bonds. The number of hydrogen-bond acceptors (Lipinski definition) is 5. The van der Waals surface area contributed by atoms with E-state index in [1.807, 2.05) is 5.38 Å². The van der Waals surface area contributed by atoms with Crippen LogP contribution in [0.2, 0.25) is 0 Å². The van der Waals surface area contributed by atoms with Crippen molar-refractivity contribution < 1.29 is 9.53 Å². The number of hydrogen-bond donors (Lipinski definition) is 1. The Balaban J connectivity index is 2.21. The number of esters is 1. The van der Waals surface area contributed by atoms with Gasteiger partial charge in [-0.1, -0.05) is 0 Å². The summed E-state index contributed by atoms with van der Waals surface area (Å²) in [5.74, 6) is -0.397. The van der Waals surface area contributed by atoms with Crippen LogP contribution < -0.4 is 0 Å². The van der Waals surface area contributed by atoms with E-state index in [1.54, 1.807) is 18.5 Å². The molecule has 1 N–H and O–H groups in total. The van der Waals surface area contributed by atoms with E-state index in [0.29, 0.717) is 18.0 Å². The average Bonchev–Trinajstić information content (AvgIpc) is 2.89. The van der Waals surface area contributed by atoms with Crippen molar-refractivity contribution in [2.24, 2.45) is 0 Å². The minimum absolute atomic E-state index is 0.347. The molecule has 0 saturated heterocycles. The molecule has 0 aliphatic carbocycles. The Kier molecular flexibility index (Phi) is 2.77. The quantitative estimate of drug-likeness (QED) is 0.804. The van der Waals surface area contributed by atoms with Gasteiger partial charge in [0.15, 0.2) is 0 Å². The molecule has 0 spiro atoms. The SMILES string of the molecule is CCOC(=O)c1cc(-c2cscn2)n[nH]1. The number of nitrogens with zero attached hydrogens (tertiary/aromatic N) is 2. The van der Waals surface area contributed by atoms with Crippen molar-refractivity contribution in [3.05, 3.63) is 22.7 Å². The molecule has 78 valence electrons. The van der Waals surface area contributed by atoms with Gasteiger partial charge in [-0.25, -0.2) is 9.78 Å². The highest BCUT2D eigenvalue weighted by molar-refractivity contribution is 7.07. The van der Waals surface area contributed by atoms with Crippen LogP contribution in [0.4, 0.5) is 0 Å². The number of rotatable bonds is 3. The lowest BCUT2D eigenvalue weighted by Gasteiger charge is -1.95. The van der Waals surface area contributed by atoms with Crippen LogP contribution in [0, 0.1) is 0 Å². The highest BCUT2D eigenvalue weighted by Gasteiger charge is 2.12. The van der Waals surface area contributed by atoms with E-state index < -0.39 is 5.97 Å². The molecule has 0 aliphatic heterocycles. The summed E-state index contributed by atoms with van der Waals surface area (Å²) in [7, 11) is 0. The lowest BCUT2D eigenvalue weighted by molar-refractivity contribution is 0.0519. The fourth-order valence-corrected chi connectivity index (χ4v) is 1.65. The zero-order valence-corrected chi connectivity index (χ0v) is 8.87. The maximum absolute atomic E-state index is 11.3. The highest BCUT2D eigenvalue weighted by Crippen LogP contribution is 2.17. The van der Waals surface area contributed by atoms with Crippen molar-refractivity contribution in [2.45, 2.75) is 6.92 Å². The third-order valence-electron chi connectivity index (χ3n) is 1.77. The second-order valence-corrected chi connectivity index (χ2v) is 3.48. The molecule has 2 heterocycles. The second kappa shape index (κ2) is 4.22. The van der Waals surface area contributed by atoms with Gasteiger partial charge in [0.1, 0.15) is 17.1 Å². The van der Waals surface area contributed by atoms with E-state index in [1.165, 1.54) is 11.3 Å². The van der Waals surface area contributed by atoms with Crippen LogP contribution in [0.5, 0.6) is 0 Å². The van der Waals surface area contributed by atoms with Gasteiger partial charge in [0.2, 0.25) is 0 Å². The van der Waals surface area contributed by atoms with Crippen molar-refractivity contribution in [1.82, 2.24) is 15.2 Å². The topological polar surface area (TPSA) is 67.9 Å². The van der Waals surface area contributed by atoms with Gasteiger partial charge in [-0.15, -0.1) is 11.3 Å². The molecule has 2 aromatic heterocycles. The largest absolute Gasteiger partial charge is 0.461 e. The first-order valence-electron chi connectivity index (χ1n) is 4.42. The third-order valence-corrected chi connectivity index (χ3v) is 2.35. The summed E-state index contributed by atoms with van der Waals surface area (Å²) in [4.78, 5) is 15.4. The van der Waals surface area contributed by atoms with Crippen LogP contribution in [0.15, 0.2) is 17.0 Å². The Morgan fingerprint density at radius 1 is 1.60 bits per heavy atom. The molecule has 0 saturated carbocycles. The summed E-state index contributed by atoms with van der Waals surface area (Å²) in [6.07, 6.45) is 0. The Morgan fingerprint density at radius 2 is 2.47 bits per heavy atom. The number of H-pyrrole nitrogens is 1. The predicted octanol–water partition coefficient (Wildman–Crippen LogP) is 1.71. The minimum Gasteiger partial charge on any atom is -0.461 e. The van der Waals surface area contributed by atoms with E-state index in [2.05, 4.69) is 15.2 Å². The van der Waals surface area contributed by atoms with Gasteiger partial charge >= 0.3 is 5.97 Å². The standard InChI is InChI=1S/C9H9N3O2S/c1-2-14-9(13)7-3-6(11-12-7)8-4-15-5-10-8/h3-5H,2H2,1H3,(H,11,12). The Labute approximate surface area is 90.1 Å². The first-order valence-corrected chi connectivity index (χ1v) is 5.36. The van der Waals surface area contributed by atoms with E-state index in [0.717, 1.165) is 5.69 Å². The minimum atomic E-state index is -0.397. The van der Waals surface area contributed by atoms with Gasteiger partial charge in [-0.05, 0) is 6.92 Å². The molecule has 0 bridgehead atoms. The molecule has 5 nitrogen and oxygen atoms in total. The molecular formula is C9H9N3O2S. The fourth-order valence-electron chi connectivity index (χ4n) is 1.11. The van der Waals surface area contributed by atoms with E-state index in [-0.39, 0.29) is 0 Å². The number of ether oxygens (including phenoxy) is 1. The number of carbonyl (C=O) groups is 1. The Hall–Kier alpha value is -1.69. The first-order chi connectivity index (χ1) is 7.31. The number of nitrogens with one attached hydrogen (secondary N) is 1. The van der Waals surface area contributed by atoms with Crippen LogP contribution in [-0.2, 0) is 4.74 Å². The van der Waals surface area contributed by atoms with Gasteiger partial charge < -0.3 is 4.74 Å². The summed E-state index contributed by atoms with van der Waals surface area (Å²) in [6, 6.07) is 1.63. The van der Waals surface area contributed by atoms with Crippen LogP contribution in [0.25, 0.3) is 11.4 Å². The number of thiazole rings is 1. The van der Waals surface area contributed by atoms with Crippen molar-refractivity contribution >= 4 is 17.3 Å². The molecule has 0 unspecified atom stereocenters. The summed E-state index contributed by atoms with van der Waals surface area (Å²) in [5.41, 5.74) is 3.47. The second-order valence-electron chi connectivity index (χ2n) is 2.76. The maximum Gasteiger partial charge on any atom is 0.356 e. The Morgan fingerprint density at radius 3 is 3.13 bits per heavy atom. The molecular weight excluding hydrogens is 214 g/mol. The summed E-state index contributed by atoms with van der Waals surface area (Å²) in [5, 5.41) is 8.47. The summed E-state index contributed by atoms with van der Waals surface area (Å²) in [6.45, 7) is 2.11. The Bertz CT molecular complexity index is 450. The van der Waals surface area contributed by atoms with Crippen LogP contribution in [-0.4, -0.2) is 27.8 Å². The molecule has 2 aromatic rings. The molecule has 0 radical (unpaired) electrons. The van der Waals surface area contributed by atoms with Crippen molar-refractivity contribution in [3.8, 4) is 11.4 Å². The van der Waals surface area contributed by atoms with Crippen LogP contribution in [0.1, 0.15) is 17.4 Å². The highest BCUT2D eigenvalue weighted by atomic mass is 32.1. The monoisotopic (exact) mass is 223 g/mol. The van der Waals surface area contributed by atoms with Crippen molar-refractivity contribution in [1.29, 1.82) is 0 Å². The zero-order chi connectivity index (χ0) is 10.7. The predicted molar refractivity (Wildman–Crippen MR) is 55.7 cm³/mol. The van der Waals surface area contributed by atoms with Crippen LogP contribution >= 0.6 is 11.3 Å². The number of aromatic nitrogens is 3. The van der Waals surface area contributed by atoms with E-state index in [9.17, 15) is 4.79 Å². The zero-order valence-electron chi connectivity index (χ0n) is 8.06. The van der Waals surface area contributed by atoms with E-state index in [4.69, 9.17) is 4.74 Å². The van der Waals surface area contributed by atoms with Gasteiger partial charge in [-0.3, -0.25) is 5.10 Å². The third kappa shape index (κ3) is 2.04. The smallest absolute Gasteiger partial charge is 0.356 e. The van der Waals surface area contributed by atoms with Gasteiger partial charge in [0.05, 0.1) is 12.1 Å². The van der Waals surface area contributed by atoms with Gasteiger partial charge in [-0.2, -0.15) is 5.10 Å². The van der Waals surface area contributed by atoms with Crippen LogP contribution in [0.3, 0.4) is 0 Å². The first kappa shape index (κ1) is 9.85. The fraction of sp³-hybridized carbons (Fsp3) is 0.222. The summed E-state index contributed by atoms with van der Waals surface area (Å²) < 4.78 is 4.83. The maximum atomic E-state index is 11.3. The summed E-state index contributed by atoms with van der Waals surface area (Å²) >= 11 is 1.48. The normalized spacial score (nSPS) is 10.2. The van der Waals surface area contributed by atoms with Crippen molar-refractivity contribution in [2.75, 3.05) is 6.61 Å². The van der Waals surface area contributed by atoms with Crippen molar-refractivity contribution in [3.63, 3.8) is 0 Å². The molecule has 0 atom stereocenters. The lowest BCUT2D eigenvalue weighted by atomic mass is 10.3. The molecule has 0 aliphatic rings. The van der Waals surface area contributed by atoms with E-state index >= 15 is 0 Å². The van der Waals surface area contributed by atoms with Gasteiger partial charge in [0.25, 0.3) is 0 Å². The number of aromatic amines is 1. The average molecular weight is 223 g/mol. The molecule has 6 heteroatoms. The molecule has 0 aromatic carbocycles. The molecule has 0 fully saturated rings. The lowest BCUT2D eigenvalue weighted by Crippen LogP contribution is -2.04. The van der Waals surface area contributed by atoms with Gasteiger partial charge in [0, 0.05) is 11.4 Å².